The van der Waals surface area contributed by atoms with E-state index in [1.54, 1.807) is 29.2 Å². The Labute approximate surface area is 150 Å². The fourth-order valence-electron chi connectivity index (χ4n) is 2.84. The standard InChI is InChI=1S/C19H16ClFN2O2/c20-16-11-14(4-5-17(16)21)18-12-23(8-9-25-18)19(24)15-3-1-2-13(10-15)6-7-22/h1-5,10-11,18H,6,8-9,12H2/t18-/m0/s1. The lowest BCUT2D eigenvalue weighted by Gasteiger charge is -2.33. The molecule has 0 spiro atoms. The number of carbonyl (C=O) groups is 1. The molecule has 3 rings (SSSR count). The lowest BCUT2D eigenvalue weighted by molar-refractivity contribution is -0.0228. The van der Waals surface area contributed by atoms with Crippen molar-refractivity contribution in [3.8, 4) is 6.07 Å². The Morgan fingerprint density at radius 1 is 1.36 bits per heavy atom. The molecule has 0 aliphatic carbocycles. The number of nitrogens with zero attached hydrogens (tertiary/aromatic N) is 2. The highest BCUT2D eigenvalue weighted by molar-refractivity contribution is 6.30. The van der Waals surface area contributed by atoms with E-state index in [2.05, 4.69) is 6.07 Å². The Kier molecular flexibility index (Phi) is 5.32. The van der Waals surface area contributed by atoms with E-state index in [0.717, 1.165) is 11.1 Å². The van der Waals surface area contributed by atoms with Crippen LogP contribution in [0.2, 0.25) is 5.02 Å². The number of benzene rings is 2. The van der Waals surface area contributed by atoms with Gasteiger partial charge < -0.3 is 9.64 Å². The highest BCUT2D eigenvalue weighted by atomic mass is 35.5. The van der Waals surface area contributed by atoms with E-state index in [-0.39, 0.29) is 23.5 Å². The SMILES string of the molecule is N#CCc1cccc(C(=O)N2CCO[C@H](c3ccc(F)c(Cl)c3)C2)c1. The number of amides is 1. The van der Waals surface area contributed by atoms with Gasteiger partial charge >= 0.3 is 0 Å². The lowest BCUT2D eigenvalue weighted by atomic mass is 10.1. The molecule has 6 heteroatoms. The molecule has 1 saturated heterocycles. The summed E-state index contributed by atoms with van der Waals surface area (Å²) in [6.45, 7) is 1.24. The summed E-state index contributed by atoms with van der Waals surface area (Å²) in [7, 11) is 0. The molecule has 2 aromatic carbocycles. The second kappa shape index (κ2) is 7.64. The van der Waals surface area contributed by atoms with Gasteiger partial charge in [0.05, 0.1) is 30.7 Å². The van der Waals surface area contributed by atoms with Crippen LogP contribution in [0.4, 0.5) is 4.39 Å². The first-order valence-electron chi connectivity index (χ1n) is 7.90. The highest BCUT2D eigenvalue weighted by Gasteiger charge is 2.26. The third-order valence-corrected chi connectivity index (χ3v) is 4.42. The van der Waals surface area contributed by atoms with E-state index in [0.29, 0.717) is 25.3 Å². The van der Waals surface area contributed by atoms with Crippen LogP contribution in [-0.4, -0.2) is 30.5 Å². The Hall–Kier alpha value is -2.42. The molecule has 1 aliphatic rings. The number of halogens is 2. The van der Waals surface area contributed by atoms with Crippen LogP contribution >= 0.6 is 11.6 Å². The number of morpholine rings is 1. The molecule has 1 heterocycles. The second-order valence-corrected chi connectivity index (χ2v) is 6.23. The van der Waals surface area contributed by atoms with Crippen LogP contribution in [0.3, 0.4) is 0 Å². The van der Waals surface area contributed by atoms with Crippen LogP contribution < -0.4 is 0 Å². The number of carbonyl (C=O) groups excluding carboxylic acids is 1. The summed E-state index contributed by atoms with van der Waals surface area (Å²) in [5.41, 5.74) is 2.09. The van der Waals surface area contributed by atoms with E-state index in [9.17, 15) is 9.18 Å². The van der Waals surface area contributed by atoms with Gasteiger partial charge in [0.15, 0.2) is 0 Å². The predicted molar refractivity (Wildman–Crippen MR) is 91.8 cm³/mol. The van der Waals surface area contributed by atoms with Gasteiger partial charge in [-0.2, -0.15) is 5.26 Å². The molecule has 2 aromatic rings. The van der Waals surface area contributed by atoms with Crippen molar-refractivity contribution >= 4 is 17.5 Å². The predicted octanol–water partition coefficient (Wildman–Crippen LogP) is 3.76. The van der Waals surface area contributed by atoms with E-state index >= 15 is 0 Å². The normalized spacial score (nSPS) is 17.2. The molecule has 0 bridgehead atoms. The summed E-state index contributed by atoms with van der Waals surface area (Å²) < 4.78 is 19.1. The fraction of sp³-hybridized carbons (Fsp3) is 0.263. The van der Waals surface area contributed by atoms with Crippen molar-refractivity contribution in [2.75, 3.05) is 19.7 Å². The smallest absolute Gasteiger partial charge is 0.254 e. The summed E-state index contributed by atoms with van der Waals surface area (Å²) in [6.07, 6.45) is -0.0842. The minimum atomic E-state index is -0.483. The lowest BCUT2D eigenvalue weighted by Crippen LogP contribution is -2.42. The Balaban J connectivity index is 1.76. The van der Waals surface area contributed by atoms with Gasteiger partial charge in [0.25, 0.3) is 5.91 Å². The Bertz CT molecular complexity index is 834. The van der Waals surface area contributed by atoms with E-state index < -0.39 is 5.82 Å². The third kappa shape index (κ3) is 3.98. The number of hydrogen-bond acceptors (Lipinski definition) is 3. The first-order valence-corrected chi connectivity index (χ1v) is 8.28. The molecule has 1 aliphatic heterocycles. The van der Waals surface area contributed by atoms with Crippen LogP contribution in [-0.2, 0) is 11.2 Å². The number of rotatable bonds is 3. The van der Waals surface area contributed by atoms with Crippen LogP contribution in [0, 0.1) is 17.1 Å². The van der Waals surface area contributed by atoms with Crippen molar-refractivity contribution < 1.29 is 13.9 Å². The van der Waals surface area contributed by atoms with Crippen molar-refractivity contribution in [1.29, 1.82) is 5.26 Å². The van der Waals surface area contributed by atoms with Gasteiger partial charge in [0.1, 0.15) is 11.9 Å². The van der Waals surface area contributed by atoms with Crippen molar-refractivity contribution in [3.05, 3.63) is 70.0 Å². The van der Waals surface area contributed by atoms with Gasteiger partial charge in [0.2, 0.25) is 0 Å². The minimum Gasteiger partial charge on any atom is -0.370 e. The molecule has 0 radical (unpaired) electrons. The molecule has 0 unspecified atom stereocenters. The fourth-order valence-corrected chi connectivity index (χ4v) is 3.03. The molecule has 1 atom stereocenters. The van der Waals surface area contributed by atoms with Gasteiger partial charge in [0, 0.05) is 12.1 Å². The van der Waals surface area contributed by atoms with Crippen LogP contribution in [0.15, 0.2) is 42.5 Å². The molecular formula is C19H16ClFN2O2. The van der Waals surface area contributed by atoms with Crippen molar-refractivity contribution in [3.63, 3.8) is 0 Å². The van der Waals surface area contributed by atoms with Gasteiger partial charge in [-0.3, -0.25) is 4.79 Å². The summed E-state index contributed by atoms with van der Waals surface area (Å²) in [5.74, 6) is -0.593. The molecular weight excluding hydrogens is 343 g/mol. The van der Waals surface area contributed by atoms with Gasteiger partial charge in [-0.25, -0.2) is 4.39 Å². The number of ether oxygens (including phenoxy) is 1. The second-order valence-electron chi connectivity index (χ2n) is 5.82. The van der Waals surface area contributed by atoms with Crippen molar-refractivity contribution in [2.24, 2.45) is 0 Å². The third-order valence-electron chi connectivity index (χ3n) is 4.13. The van der Waals surface area contributed by atoms with Crippen molar-refractivity contribution in [2.45, 2.75) is 12.5 Å². The molecule has 1 amide bonds. The van der Waals surface area contributed by atoms with Crippen LogP contribution in [0.1, 0.15) is 27.6 Å². The maximum Gasteiger partial charge on any atom is 0.254 e. The number of hydrogen-bond donors (Lipinski definition) is 0. The minimum absolute atomic E-state index is 0.0359. The van der Waals surface area contributed by atoms with Gasteiger partial charge in [-0.1, -0.05) is 29.8 Å². The first kappa shape index (κ1) is 17.4. The van der Waals surface area contributed by atoms with Crippen LogP contribution in [0.5, 0.6) is 0 Å². The van der Waals surface area contributed by atoms with E-state index in [1.165, 1.54) is 12.1 Å². The zero-order valence-electron chi connectivity index (χ0n) is 13.4. The molecule has 4 nitrogen and oxygen atoms in total. The maximum absolute atomic E-state index is 13.3. The Morgan fingerprint density at radius 3 is 2.96 bits per heavy atom. The summed E-state index contributed by atoms with van der Waals surface area (Å²) >= 11 is 5.84. The van der Waals surface area contributed by atoms with Crippen LogP contribution in [0.25, 0.3) is 0 Å². The summed E-state index contributed by atoms with van der Waals surface area (Å²) in [6, 6.07) is 13.6. The molecule has 25 heavy (non-hydrogen) atoms. The van der Waals surface area contributed by atoms with E-state index in [1.807, 2.05) is 6.07 Å². The summed E-state index contributed by atoms with van der Waals surface area (Å²) in [4.78, 5) is 14.5. The quantitative estimate of drug-likeness (QED) is 0.839. The maximum atomic E-state index is 13.3. The monoisotopic (exact) mass is 358 g/mol. The van der Waals surface area contributed by atoms with E-state index in [4.69, 9.17) is 21.6 Å². The zero-order valence-corrected chi connectivity index (χ0v) is 14.2. The highest BCUT2D eigenvalue weighted by Crippen LogP contribution is 2.27. The largest absolute Gasteiger partial charge is 0.370 e. The Morgan fingerprint density at radius 2 is 2.20 bits per heavy atom. The first-order chi connectivity index (χ1) is 12.1. The van der Waals surface area contributed by atoms with Gasteiger partial charge in [-0.15, -0.1) is 0 Å². The topological polar surface area (TPSA) is 53.3 Å². The molecule has 1 fully saturated rings. The molecule has 128 valence electrons. The molecule has 0 aromatic heterocycles. The number of nitriles is 1. The van der Waals surface area contributed by atoms with Gasteiger partial charge in [-0.05, 0) is 35.4 Å². The average Bonchev–Trinajstić information content (AvgIpc) is 2.64. The molecule has 0 N–H and O–H groups in total. The average molecular weight is 359 g/mol. The molecule has 0 saturated carbocycles. The zero-order chi connectivity index (χ0) is 17.8. The summed E-state index contributed by atoms with van der Waals surface area (Å²) in [5, 5.41) is 8.84. The van der Waals surface area contributed by atoms with Crippen molar-refractivity contribution in [1.82, 2.24) is 4.90 Å².